The summed E-state index contributed by atoms with van der Waals surface area (Å²) in [6.45, 7) is 6.40. The molecule has 1 N–H and O–H groups in total. The zero-order valence-corrected chi connectivity index (χ0v) is 22.1. The summed E-state index contributed by atoms with van der Waals surface area (Å²) < 4.78 is 0. The molecule has 0 unspecified atom stereocenters. The number of nitrogens with one attached hydrogen (secondary N) is 1. The van der Waals surface area contributed by atoms with Crippen LogP contribution < -0.4 is 5.32 Å². The molecule has 188 valence electrons. The lowest BCUT2D eigenvalue weighted by Crippen LogP contribution is -2.29. The lowest BCUT2D eigenvalue weighted by Gasteiger charge is -2.34. The quantitative estimate of drug-likeness (QED) is 0.234. The van der Waals surface area contributed by atoms with Crippen molar-refractivity contribution in [3.8, 4) is 11.1 Å². The summed E-state index contributed by atoms with van der Waals surface area (Å²) in [6.07, 6.45) is 6.39. The second-order valence-corrected chi connectivity index (χ2v) is 9.84. The van der Waals surface area contributed by atoms with Gasteiger partial charge in [0.05, 0.1) is 5.41 Å². The maximum Gasteiger partial charge on any atom is 0.0713 e. The average Bonchev–Trinajstić information content (AvgIpc) is 3.28. The highest BCUT2D eigenvalue weighted by Gasteiger charge is 2.46. The highest BCUT2D eigenvalue weighted by molar-refractivity contribution is 5.93. The molecule has 0 aromatic heterocycles. The minimum atomic E-state index is -0.440. The molecule has 6 rings (SSSR count). The highest BCUT2D eigenvalue weighted by Crippen LogP contribution is 2.55. The molecule has 0 spiro atoms. The zero-order valence-electron chi connectivity index (χ0n) is 22.1. The van der Waals surface area contributed by atoms with E-state index in [1.54, 1.807) is 0 Å². The molecule has 0 atom stereocenters. The van der Waals surface area contributed by atoms with E-state index < -0.39 is 5.41 Å². The Kier molecular flexibility index (Phi) is 6.57. The SMILES string of the molecule is C=CC1=C(/C=C\C)c2cc(Nc3ccc(-c4ccccc4)cc3)ccc2C1(c1ccccc1)c1ccccc1. The lowest BCUT2D eigenvalue weighted by molar-refractivity contribution is 0.762. The molecule has 39 heavy (non-hydrogen) atoms. The van der Waals surface area contributed by atoms with Crippen LogP contribution >= 0.6 is 0 Å². The van der Waals surface area contributed by atoms with Crippen molar-refractivity contribution in [1.29, 1.82) is 0 Å². The molecule has 1 heteroatoms. The second kappa shape index (κ2) is 10.5. The van der Waals surface area contributed by atoms with Gasteiger partial charge in [0.25, 0.3) is 0 Å². The molecule has 1 aliphatic rings. The van der Waals surface area contributed by atoms with Gasteiger partial charge in [-0.25, -0.2) is 0 Å². The fourth-order valence-corrected chi connectivity index (χ4v) is 5.98. The van der Waals surface area contributed by atoms with E-state index in [1.807, 2.05) is 12.1 Å². The smallest absolute Gasteiger partial charge is 0.0713 e. The Balaban J connectivity index is 1.47. The van der Waals surface area contributed by atoms with Crippen molar-refractivity contribution in [2.45, 2.75) is 12.3 Å². The molecule has 1 aliphatic carbocycles. The highest BCUT2D eigenvalue weighted by atomic mass is 14.9. The fraction of sp³-hybridized carbons (Fsp3) is 0.0526. The number of rotatable bonds is 7. The molecule has 0 fully saturated rings. The van der Waals surface area contributed by atoms with Crippen LogP contribution in [0.5, 0.6) is 0 Å². The number of hydrogen-bond acceptors (Lipinski definition) is 1. The largest absolute Gasteiger partial charge is 0.356 e. The van der Waals surface area contributed by atoms with Gasteiger partial charge < -0.3 is 5.32 Å². The van der Waals surface area contributed by atoms with Crippen LogP contribution in [0.1, 0.15) is 29.2 Å². The van der Waals surface area contributed by atoms with E-state index in [-0.39, 0.29) is 0 Å². The summed E-state index contributed by atoms with van der Waals surface area (Å²) >= 11 is 0. The summed E-state index contributed by atoms with van der Waals surface area (Å²) in [5.41, 5.74) is 11.5. The van der Waals surface area contributed by atoms with Crippen LogP contribution in [0.15, 0.2) is 164 Å². The predicted octanol–water partition coefficient (Wildman–Crippen LogP) is 9.96. The first-order valence-corrected chi connectivity index (χ1v) is 13.4. The number of anilines is 2. The Morgan fingerprint density at radius 1 is 0.615 bits per heavy atom. The van der Waals surface area contributed by atoms with Crippen LogP contribution in [0.2, 0.25) is 0 Å². The van der Waals surface area contributed by atoms with E-state index in [1.165, 1.54) is 44.5 Å². The predicted molar refractivity (Wildman–Crippen MR) is 166 cm³/mol. The molecule has 0 aliphatic heterocycles. The Hall–Kier alpha value is -4.88. The van der Waals surface area contributed by atoms with E-state index in [0.29, 0.717) is 0 Å². The van der Waals surface area contributed by atoms with Gasteiger partial charge in [0.15, 0.2) is 0 Å². The topological polar surface area (TPSA) is 12.0 Å². The van der Waals surface area contributed by atoms with Gasteiger partial charge in [-0.15, -0.1) is 0 Å². The third kappa shape index (κ3) is 4.23. The second-order valence-electron chi connectivity index (χ2n) is 9.84. The standard InChI is InChI=1S/C38H31N/c1-3-14-34-35-27-33(39-32-23-21-29(22-24-32)28-15-8-5-9-16-28)25-26-37(35)38(36(34)4-2,30-17-10-6-11-18-30)31-19-12-7-13-20-31/h3-27,39H,2H2,1H3/b14-3-. The Labute approximate surface area is 231 Å². The fourth-order valence-electron chi connectivity index (χ4n) is 5.98. The van der Waals surface area contributed by atoms with E-state index >= 15 is 0 Å². The number of benzene rings is 5. The molecule has 0 radical (unpaired) electrons. The van der Waals surface area contributed by atoms with Crippen LogP contribution in [0.3, 0.4) is 0 Å². The van der Waals surface area contributed by atoms with Gasteiger partial charge >= 0.3 is 0 Å². The van der Waals surface area contributed by atoms with Crippen molar-refractivity contribution in [1.82, 2.24) is 0 Å². The third-order valence-electron chi connectivity index (χ3n) is 7.64. The minimum Gasteiger partial charge on any atom is -0.356 e. The van der Waals surface area contributed by atoms with Gasteiger partial charge in [0.1, 0.15) is 0 Å². The normalized spacial score (nSPS) is 13.9. The summed E-state index contributed by atoms with van der Waals surface area (Å²) in [7, 11) is 0. The number of hydrogen-bond donors (Lipinski definition) is 1. The van der Waals surface area contributed by atoms with Gasteiger partial charge in [0.2, 0.25) is 0 Å². The molecule has 1 nitrogen and oxygen atoms in total. The van der Waals surface area contributed by atoms with Gasteiger partial charge in [-0.05, 0) is 75.7 Å². The van der Waals surface area contributed by atoms with E-state index in [9.17, 15) is 0 Å². The van der Waals surface area contributed by atoms with E-state index in [4.69, 9.17) is 0 Å². The number of allylic oxidation sites excluding steroid dienone is 5. The maximum atomic E-state index is 4.32. The summed E-state index contributed by atoms with van der Waals surface area (Å²) in [5.74, 6) is 0. The van der Waals surface area contributed by atoms with Crippen molar-refractivity contribution >= 4 is 16.9 Å². The molecule has 0 saturated carbocycles. The van der Waals surface area contributed by atoms with Gasteiger partial charge in [-0.2, -0.15) is 0 Å². The summed E-state index contributed by atoms with van der Waals surface area (Å²) in [5, 5.41) is 3.64. The maximum absolute atomic E-state index is 4.32. The van der Waals surface area contributed by atoms with Crippen LogP contribution in [0.4, 0.5) is 11.4 Å². The Morgan fingerprint density at radius 3 is 1.72 bits per heavy atom. The Bertz CT molecular complexity index is 1620. The molecular formula is C38H31N. The van der Waals surface area contributed by atoms with Gasteiger partial charge in [-0.3, -0.25) is 0 Å². The van der Waals surface area contributed by atoms with Crippen molar-refractivity contribution in [3.63, 3.8) is 0 Å². The first-order chi connectivity index (χ1) is 19.3. The minimum absolute atomic E-state index is 0.440. The molecular weight excluding hydrogens is 470 g/mol. The van der Waals surface area contributed by atoms with Crippen LogP contribution in [0, 0.1) is 0 Å². The lowest BCUT2D eigenvalue weighted by atomic mass is 9.67. The first-order valence-electron chi connectivity index (χ1n) is 13.4. The molecule has 0 amide bonds. The molecule has 5 aromatic rings. The molecule has 5 aromatic carbocycles. The summed E-state index contributed by atoms with van der Waals surface area (Å²) in [6, 6.07) is 47.5. The van der Waals surface area contributed by atoms with Crippen LogP contribution in [-0.2, 0) is 5.41 Å². The number of fused-ring (bicyclic) bond motifs is 1. The van der Waals surface area contributed by atoms with Crippen LogP contribution in [0.25, 0.3) is 16.7 Å². The third-order valence-corrected chi connectivity index (χ3v) is 7.64. The molecule has 0 saturated heterocycles. The van der Waals surface area contributed by atoms with Crippen molar-refractivity contribution in [2.24, 2.45) is 0 Å². The molecule has 0 bridgehead atoms. The zero-order chi connectivity index (χ0) is 26.7. The monoisotopic (exact) mass is 501 g/mol. The average molecular weight is 502 g/mol. The van der Waals surface area contributed by atoms with E-state index in [2.05, 4.69) is 158 Å². The van der Waals surface area contributed by atoms with Crippen LogP contribution in [-0.4, -0.2) is 0 Å². The van der Waals surface area contributed by atoms with Crippen molar-refractivity contribution < 1.29 is 0 Å². The van der Waals surface area contributed by atoms with Gasteiger partial charge in [0, 0.05) is 11.4 Å². The van der Waals surface area contributed by atoms with Crippen molar-refractivity contribution in [3.05, 3.63) is 186 Å². The Morgan fingerprint density at radius 2 is 1.15 bits per heavy atom. The van der Waals surface area contributed by atoms with Crippen molar-refractivity contribution in [2.75, 3.05) is 5.32 Å². The van der Waals surface area contributed by atoms with E-state index in [0.717, 1.165) is 11.4 Å². The molecule has 0 heterocycles. The van der Waals surface area contributed by atoms with Gasteiger partial charge in [-0.1, -0.05) is 134 Å². The summed E-state index contributed by atoms with van der Waals surface area (Å²) in [4.78, 5) is 0. The first kappa shape index (κ1) is 24.5.